The smallest absolute Gasteiger partial charge is 0.128 e. The molecule has 0 aromatic heterocycles. The largest absolute Gasteiger partial charge is 0.507 e. The molecular formula is C19H23NO2. The van der Waals surface area contributed by atoms with Crippen molar-refractivity contribution in [3.63, 3.8) is 0 Å². The Morgan fingerprint density at radius 2 is 1.91 bits per heavy atom. The van der Waals surface area contributed by atoms with Crippen LogP contribution in [0.2, 0.25) is 0 Å². The molecule has 0 bridgehead atoms. The number of ether oxygens (including phenoxy) is 1. The summed E-state index contributed by atoms with van der Waals surface area (Å²) < 4.78 is 5.67. The SMILES string of the molecule is CCC(C)COc1ccc(C=Nc2ccc(C)cc2)c(O)c1. The minimum absolute atomic E-state index is 0.178. The summed E-state index contributed by atoms with van der Waals surface area (Å²) in [6, 6.07) is 13.2. The fourth-order valence-electron chi connectivity index (χ4n) is 1.85. The second-order valence-electron chi connectivity index (χ2n) is 5.64. The van der Waals surface area contributed by atoms with E-state index < -0.39 is 0 Å². The number of benzene rings is 2. The van der Waals surface area contributed by atoms with Gasteiger partial charge in [0.1, 0.15) is 11.5 Å². The van der Waals surface area contributed by atoms with E-state index in [-0.39, 0.29) is 5.75 Å². The zero-order valence-electron chi connectivity index (χ0n) is 13.4. The second kappa shape index (κ2) is 7.64. The molecule has 0 radical (unpaired) electrons. The van der Waals surface area contributed by atoms with Crippen molar-refractivity contribution in [3.8, 4) is 11.5 Å². The molecule has 116 valence electrons. The molecule has 2 rings (SSSR count). The molecule has 0 spiro atoms. The third-order valence-electron chi connectivity index (χ3n) is 3.62. The van der Waals surface area contributed by atoms with Gasteiger partial charge in [-0.05, 0) is 37.1 Å². The Labute approximate surface area is 132 Å². The van der Waals surface area contributed by atoms with Gasteiger partial charge in [0, 0.05) is 17.8 Å². The number of rotatable bonds is 6. The van der Waals surface area contributed by atoms with Crippen molar-refractivity contribution in [2.45, 2.75) is 27.2 Å². The van der Waals surface area contributed by atoms with Crippen molar-refractivity contribution in [2.24, 2.45) is 10.9 Å². The van der Waals surface area contributed by atoms with Crippen molar-refractivity contribution in [2.75, 3.05) is 6.61 Å². The third kappa shape index (κ3) is 4.62. The van der Waals surface area contributed by atoms with Crippen LogP contribution in [0.4, 0.5) is 5.69 Å². The van der Waals surface area contributed by atoms with E-state index >= 15 is 0 Å². The molecule has 0 heterocycles. The first-order chi connectivity index (χ1) is 10.6. The zero-order chi connectivity index (χ0) is 15.9. The van der Waals surface area contributed by atoms with Gasteiger partial charge < -0.3 is 9.84 Å². The highest BCUT2D eigenvalue weighted by Crippen LogP contribution is 2.24. The lowest BCUT2D eigenvalue weighted by Gasteiger charge is -2.11. The van der Waals surface area contributed by atoms with Gasteiger partial charge in [0.05, 0.1) is 12.3 Å². The Balaban J connectivity index is 2.04. The van der Waals surface area contributed by atoms with E-state index in [4.69, 9.17) is 4.74 Å². The fourth-order valence-corrected chi connectivity index (χ4v) is 1.85. The average molecular weight is 297 g/mol. The highest BCUT2D eigenvalue weighted by Gasteiger charge is 2.04. The summed E-state index contributed by atoms with van der Waals surface area (Å²) in [6.07, 6.45) is 2.74. The van der Waals surface area contributed by atoms with Gasteiger partial charge in [-0.2, -0.15) is 0 Å². The molecule has 2 aromatic rings. The number of hydrogen-bond donors (Lipinski definition) is 1. The summed E-state index contributed by atoms with van der Waals surface area (Å²) in [5.41, 5.74) is 2.74. The number of aryl methyl sites for hydroxylation is 1. The second-order valence-corrected chi connectivity index (χ2v) is 5.64. The molecule has 0 aliphatic carbocycles. The lowest BCUT2D eigenvalue weighted by atomic mass is 10.1. The number of aromatic hydroxyl groups is 1. The summed E-state index contributed by atoms with van der Waals surface area (Å²) in [6.45, 7) is 6.97. The first-order valence-electron chi connectivity index (χ1n) is 7.65. The van der Waals surface area contributed by atoms with Crippen molar-refractivity contribution < 1.29 is 9.84 Å². The lowest BCUT2D eigenvalue weighted by Crippen LogP contribution is -2.07. The molecule has 0 amide bonds. The minimum atomic E-state index is 0.178. The van der Waals surface area contributed by atoms with Gasteiger partial charge in [-0.1, -0.05) is 38.0 Å². The van der Waals surface area contributed by atoms with Crippen molar-refractivity contribution in [1.29, 1.82) is 0 Å². The predicted octanol–water partition coefficient (Wildman–Crippen LogP) is 4.88. The third-order valence-corrected chi connectivity index (χ3v) is 3.62. The fraction of sp³-hybridized carbons (Fsp3) is 0.316. The topological polar surface area (TPSA) is 41.8 Å². The summed E-state index contributed by atoms with van der Waals surface area (Å²) in [4.78, 5) is 4.37. The standard InChI is InChI=1S/C19H23NO2/c1-4-14(2)13-22-18-10-7-16(19(21)11-18)12-20-17-8-5-15(3)6-9-17/h5-12,14,21H,4,13H2,1-3H3. The van der Waals surface area contributed by atoms with E-state index in [2.05, 4.69) is 18.8 Å². The molecule has 0 aliphatic heterocycles. The Hall–Kier alpha value is -2.29. The van der Waals surface area contributed by atoms with Crippen LogP contribution >= 0.6 is 0 Å². The van der Waals surface area contributed by atoms with Gasteiger partial charge in [0.15, 0.2) is 0 Å². The van der Waals surface area contributed by atoms with Gasteiger partial charge in [0.2, 0.25) is 0 Å². The molecule has 0 saturated heterocycles. The van der Waals surface area contributed by atoms with Crippen LogP contribution in [-0.4, -0.2) is 17.9 Å². The number of phenols is 1. The van der Waals surface area contributed by atoms with Crippen LogP contribution in [0.15, 0.2) is 47.5 Å². The van der Waals surface area contributed by atoms with E-state index in [0.29, 0.717) is 23.8 Å². The van der Waals surface area contributed by atoms with Crippen LogP contribution in [0.5, 0.6) is 11.5 Å². The summed E-state index contributed by atoms with van der Waals surface area (Å²) in [5.74, 6) is 1.37. The predicted molar refractivity (Wildman–Crippen MR) is 91.5 cm³/mol. The monoisotopic (exact) mass is 297 g/mol. The minimum Gasteiger partial charge on any atom is -0.507 e. The van der Waals surface area contributed by atoms with Gasteiger partial charge >= 0.3 is 0 Å². The Bertz CT molecular complexity index is 632. The van der Waals surface area contributed by atoms with Crippen LogP contribution in [0, 0.1) is 12.8 Å². The van der Waals surface area contributed by atoms with Crippen LogP contribution in [0.25, 0.3) is 0 Å². The summed E-state index contributed by atoms with van der Waals surface area (Å²) >= 11 is 0. The Morgan fingerprint density at radius 1 is 1.18 bits per heavy atom. The van der Waals surface area contributed by atoms with Crippen LogP contribution in [0.1, 0.15) is 31.4 Å². The molecule has 0 aliphatic rings. The summed E-state index contributed by atoms with van der Waals surface area (Å²) in [5, 5.41) is 10.1. The molecule has 1 atom stereocenters. The van der Waals surface area contributed by atoms with Crippen molar-refractivity contribution in [3.05, 3.63) is 53.6 Å². The Morgan fingerprint density at radius 3 is 2.55 bits per heavy atom. The maximum Gasteiger partial charge on any atom is 0.128 e. The molecule has 2 aromatic carbocycles. The van der Waals surface area contributed by atoms with Gasteiger partial charge in [-0.25, -0.2) is 0 Å². The highest BCUT2D eigenvalue weighted by atomic mass is 16.5. The molecule has 3 nitrogen and oxygen atoms in total. The van der Waals surface area contributed by atoms with E-state index in [1.807, 2.05) is 43.3 Å². The summed E-state index contributed by atoms with van der Waals surface area (Å²) in [7, 11) is 0. The van der Waals surface area contributed by atoms with Gasteiger partial charge in [-0.3, -0.25) is 4.99 Å². The van der Waals surface area contributed by atoms with E-state index in [1.165, 1.54) is 5.56 Å². The van der Waals surface area contributed by atoms with Gasteiger partial charge in [0.25, 0.3) is 0 Å². The number of hydrogen-bond acceptors (Lipinski definition) is 3. The molecule has 0 saturated carbocycles. The van der Waals surface area contributed by atoms with Crippen LogP contribution in [-0.2, 0) is 0 Å². The lowest BCUT2D eigenvalue weighted by molar-refractivity contribution is 0.255. The Kier molecular flexibility index (Phi) is 5.59. The van der Waals surface area contributed by atoms with Crippen molar-refractivity contribution >= 4 is 11.9 Å². The average Bonchev–Trinajstić information content (AvgIpc) is 2.53. The van der Waals surface area contributed by atoms with E-state index in [0.717, 1.165) is 12.1 Å². The molecule has 22 heavy (non-hydrogen) atoms. The molecular weight excluding hydrogens is 274 g/mol. The first-order valence-corrected chi connectivity index (χ1v) is 7.65. The van der Waals surface area contributed by atoms with Crippen molar-refractivity contribution in [1.82, 2.24) is 0 Å². The highest BCUT2D eigenvalue weighted by molar-refractivity contribution is 5.85. The van der Waals surface area contributed by atoms with Crippen LogP contribution in [0.3, 0.4) is 0 Å². The van der Waals surface area contributed by atoms with Gasteiger partial charge in [-0.15, -0.1) is 0 Å². The molecule has 3 heteroatoms. The van der Waals surface area contributed by atoms with Crippen LogP contribution < -0.4 is 4.74 Å². The first kappa shape index (κ1) is 16.1. The van der Waals surface area contributed by atoms with E-state index in [9.17, 15) is 5.11 Å². The number of aliphatic imine (C=N–C) groups is 1. The molecule has 0 fully saturated rings. The quantitative estimate of drug-likeness (QED) is 0.772. The number of nitrogens with zero attached hydrogens (tertiary/aromatic N) is 1. The maximum atomic E-state index is 10.1. The number of phenolic OH excluding ortho intramolecular Hbond substituents is 1. The van der Waals surface area contributed by atoms with E-state index in [1.54, 1.807) is 12.3 Å². The zero-order valence-corrected chi connectivity index (χ0v) is 13.4. The molecule has 1 N–H and O–H groups in total. The maximum absolute atomic E-state index is 10.1. The normalized spacial score (nSPS) is 12.5. The molecule has 1 unspecified atom stereocenters.